The Labute approximate surface area is 109 Å². The Hall–Kier alpha value is -1.27. The van der Waals surface area contributed by atoms with Crippen molar-refractivity contribution in [3.63, 3.8) is 0 Å². The third-order valence-electron chi connectivity index (χ3n) is 3.14. The lowest BCUT2D eigenvalue weighted by Gasteiger charge is -2.18. The maximum Gasteiger partial charge on any atom is 0.351 e. The summed E-state index contributed by atoms with van der Waals surface area (Å²) in [6.07, 6.45) is 2.95. The molecule has 3 heterocycles. The summed E-state index contributed by atoms with van der Waals surface area (Å²) in [5.41, 5.74) is 0.661. The Morgan fingerprint density at radius 2 is 2.22 bits per heavy atom. The first-order chi connectivity index (χ1) is 8.84. The van der Waals surface area contributed by atoms with Gasteiger partial charge in [0.15, 0.2) is 5.65 Å². The summed E-state index contributed by atoms with van der Waals surface area (Å²) in [5.74, 6) is 2.36. The number of thioether (sulfide) groups is 1. The van der Waals surface area contributed by atoms with E-state index in [1.807, 2.05) is 30.0 Å². The predicted octanol–water partition coefficient (Wildman–Crippen LogP) is 0.892. The predicted molar refractivity (Wildman–Crippen MR) is 73.0 cm³/mol. The summed E-state index contributed by atoms with van der Waals surface area (Å²) < 4.78 is 3.15. The molecule has 96 valence electrons. The second-order valence-corrected chi connectivity index (χ2v) is 5.66. The van der Waals surface area contributed by atoms with E-state index in [9.17, 15) is 4.79 Å². The minimum atomic E-state index is -0.0532. The summed E-state index contributed by atoms with van der Waals surface area (Å²) in [7, 11) is 0. The first-order valence-electron chi connectivity index (χ1n) is 6.19. The van der Waals surface area contributed by atoms with E-state index in [4.69, 9.17) is 0 Å². The first-order valence-corrected chi connectivity index (χ1v) is 7.34. The van der Waals surface area contributed by atoms with Crippen molar-refractivity contribution in [2.75, 3.05) is 24.6 Å². The second-order valence-electron chi connectivity index (χ2n) is 4.44. The maximum atomic E-state index is 12.1. The number of hydrogen-bond acceptors (Lipinski definition) is 4. The maximum absolute atomic E-state index is 12.1. The minimum Gasteiger partial charge on any atom is -0.283 e. The molecular formula is C12H16N4OS. The molecule has 3 rings (SSSR count). The second kappa shape index (κ2) is 5.16. The Kier molecular flexibility index (Phi) is 3.38. The summed E-state index contributed by atoms with van der Waals surface area (Å²) >= 11 is 1.98. The molecule has 0 N–H and O–H groups in total. The zero-order chi connectivity index (χ0) is 12.4. The van der Waals surface area contributed by atoms with Crippen molar-refractivity contribution >= 4 is 17.4 Å². The molecule has 0 radical (unpaired) electrons. The molecule has 1 aliphatic heterocycles. The van der Waals surface area contributed by atoms with Crippen LogP contribution in [0.5, 0.6) is 0 Å². The van der Waals surface area contributed by atoms with Crippen LogP contribution < -0.4 is 5.69 Å². The van der Waals surface area contributed by atoms with Crippen LogP contribution in [-0.2, 0) is 6.67 Å². The van der Waals surface area contributed by atoms with Crippen molar-refractivity contribution in [2.24, 2.45) is 0 Å². The topological polar surface area (TPSA) is 42.5 Å². The van der Waals surface area contributed by atoms with Crippen molar-refractivity contribution < 1.29 is 0 Å². The molecular weight excluding hydrogens is 248 g/mol. The molecule has 0 aliphatic carbocycles. The average molecular weight is 264 g/mol. The highest BCUT2D eigenvalue weighted by Crippen LogP contribution is 2.10. The van der Waals surface area contributed by atoms with Crippen LogP contribution in [0.2, 0.25) is 0 Å². The standard InChI is InChI=1S/C12H16N4OS/c17-12-15-6-2-1-4-11(15)13-16(12)10-14-5-3-8-18-9-7-14/h1-2,4,6H,3,5,7-10H2. The van der Waals surface area contributed by atoms with Crippen molar-refractivity contribution in [1.82, 2.24) is 19.1 Å². The molecule has 1 saturated heterocycles. The Morgan fingerprint density at radius 3 is 3.11 bits per heavy atom. The fourth-order valence-corrected chi connectivity index (χ4v) is 3.11. The van der Waals surface area contributed by atoms with E-state index in [2.05, 4.69) is 10.00 Å². The van der Waals surface area contributed by atoms with Crippen molar-refractivity contribution in [1.29, 1.82) is 0 Å². The van der Waals surface area contributed by atoms with Gasteiger partial charge in [-0.3, -0.25) is 9.30 Å². The zero-order valence-corrected chi connectivity index (χ0v) is 11.0. The summed E-state index contributed by atoms with van der Waals surface area (Å²) in [6, 6.07) is 5.61. The number of pyridine rings is 1. The lowest BCUT2D eigenvalue weighted by molar-refractivity contribution is 0.220. The molecule has 5 nitrogen and oxygen atoms in total. The third-order valence-corrected chi connectivity index (χ3v) is 4.19. The molecule has 0 atom stereocenters. The van der Waals surface area contributed by atoms with Crippen molar-refractivity contribution in [2.45, 2.75) is 13.1 Å². The van der Waals surface area contributed by atoms with Crippen molar-refractivity contribution in [3.05, 3.63) is 34.9 Å². The van der Waals surface area contributed by atoms with Crippen LogP contribution in [0.4, 0.5) is 0 Å². The van der Waals surface area contributed by atoms with Crippen LogP contribution >= 0.6 is 11.8 Å². The van der Waals surface area contributed by atoms with Gasteiger partial charge in [-0.25, -0.2) is 4.79 Å². The lowest BCUT2D eigenvalue weighted by Crippen LogP contribution is -2.34. The van der Waals surface area contributed by atoms with Crippen LogP contribution in [0, 0.1) is 0 Å². The molecule has 18 heavy (non-hydrogen) atoms. The largest absolute Gasteiger partial charge is 0.351 e. The Morgan fingerprint density at radius 1 is 1.28 bits per heavy atom. The zero-order valence-electron chi connectivity index (χ0n) is 10.2. The number of nitrogens with zero attached hydrogens (tertiary/aromatic N) is 4. The third kappa shape index (κ3) is 2.30. The van der Waals surface area contributed by atoms with Gasteiger partial charge in [-0.2, -0.15) is 16.4 Å². The monoisotopic (exact) mass is 264 g/mol. The average Bonchev–Trinajstić information content (AvgIpc) is 2.58. The number of rotatable bonds is 2. The Balaban J connectivity index is 1.85. The van der Waals surface area contributed by atoms with Crippen LogP contribution in [0.25, 0.3) is 5.65 Å². The fourth-order valence-electron chi connectivity index (χ4n) is 2.19. The Bertz CT molecular complexity index is 583. The van der Waals surface area contributed by atoms with Gasteiger partial charge in [-0.05, 0) is 24.3 Å². The van der Waals surface area contributed by atoms with E-state index in [0.29, 0.717) is 12.3 Å². The van der Waals surface area contributed by atoms with E-state index >= 15 is 0 Å². The highest BCUT2D eigenvalue weighted by molar-refractivity contribution is 7.99. The molecule has 0 unspecified atom stereocenters. The normalized spacial score (nSPS) is 18.0. The summed E-state index contributed by atoms with van der Waals surface area (Å²) in [6.45, 7) is 2.68. The summed E-state index contributed by atoms with van der Waals surface area (Å²) in [4.78, 5) is 14.4. The molecule has 0 bridgehead atoms. The van der Waals surface area contributed by atoms with Gasteiger partial charge in [0.2, 0.25) is 0 Å². The molecule has 2 aromatic rings. The smallest absolute Gasteiger partial charge is 0.283 e. The van der Waals surface area contributed by atoms with Gasteiger partial charge in [-0.15, -0.1) is 5.10 Å². The summed E-state index contributed by atoms with van der Waals surface area (Å²) in [5, 5.41) is 4.36. The van der Waals surface area contributed by atoms with E-state index < -0.39 is 0 Å². The van der Waals surface area contributed by atoms with Gasteiger partial charge < -0.3 is 0 Å². The number of aromatic nitrogens is 3. The molecule has 6 heteroatoms. The van der Waals surface area contributed by atoms with Gasteiger partial charge in [-0.1, -0.05) is 6.07 Å². The fraction of sp³-hybridized carbons (Fsp3) is 0.500. The van der Waals surface area contributed by atoms with Gasteiger partial charge in [0, 0.05) is 25.0 Å². The quantitative estimate of drug-likeness (QED) is 0.808. The van der Waals surface area contributed by atoms with Gasteiger partial charge in [0.05, 0.1) is 6.67 Å². The van der Waals surface area contributed by atoms with E-state index in [-0.39, 0.29) is 5.69 Å². The molecule has 1 aliphatic rings. The molecule has 0 amide bonds. The molecule has 2 aromatic heterocycles. The van der Waals surface area contributed by atoms with Gasteiger partial charge in [0.25, 0.3) is 0 Å². The van der Waals surface area contributed by atoms with Crippen molar-refractivity contribution in [3.8, 4) is 0 Å². The highest BCUT2D eigenvalue weighted by Gasteiger charge is 2.12. The van der Waals surface area contributed by atoms with E-state index in [0.717, 1.165) is 18.8 Å². The molecule has 1 fully saturated rings. The van der Waals surface area contributed by atoms with E-state index in [1.165, 1.54) is 12.2 Å². The number of fused-ring (bicyclic) bond motifs is 1. The SMILES string of the molecule is O=c1n(CN2CCCSCC2)nc2ccccn12. The van der Waals surface area contributed by atoms with E-state index in [1.54, 1.807) is 15.3 Å². The minimum absolute atomic E-state index is 0.0532. The van der Waals surface area contributed by atoms with Gasteiger partial charge in [0.1, 0.15) is 0 Å². The molecule has 0 aromatic carbocycles. The first kappa shape index (κ1) is 11.8. The molecule has 0 spiro atoms. The van der Waals surface area contributed by atoms with Crippen LogP contribution in [0.3, 0.4) is 0 Å². The highest BCUT2D eigenvalue weighted by atomic mass is 32.2. The van der Waals surface area contributed by atoms with Crippen LogP contribution in [0.15, 0.2) is 29.2 Å². The number of hydrogen-bond donors (Lipinski definition) is 0. The lowest BCUT2D eigenvalue weighted by atomic mass is 10.4. The van der Waals surface area contributed by atoms with Crippen LogP contribution in [0.1, 0.15) is 6.42 Å². The van der Waals surface area contributed by atoms with Crippen LogP contribution in [-0.4, -0.2) is 43.7 Å². The molecule has 0 saturated carbocycles. The van der Waals surface area contributed by atoms with Gasteiger partial charge >= 0.3 is 5.69 Å².